The Bertz CT molecular complexity index is 926. The van der Waals surface area contributed by atoms with Crippen molar-refractivity contribution in [2.24, 2.45) is 0 Å². The monoisotopic (exact) mass is 401 g/mol. The van der Waals surface area contributed by atoms with Crippen LogP contribution in [-0.2, 0) is 14.3 Å². The van der Waals surface area contributed by atoms with E-state index in [1.165, 1.54) is 36.4 Å². The molecule has 0 aliphatic rings. The Labute approximate surface area is 166 Å². The van der Waals surface area contributed by atoms with Crippen LogP contribution in [-0.4, -0.2) is 36.1 Å². The average Bonchev–Trinajstić information content (AvgIpc) is 2.68. The molecule has 2 rings (SSSR count). The largest absolute Gasteiger partial charge is 0.452 e. The van der Waals surface area contributed by atoms with Gasteiger partial charge in [-0.2, -0.15) is 0 Å². The van der Waals surface area contributed by atoms with Gasteiger partial charge in [0.1, 0.15) is 5.69 Å². The third-order valence-electron chi connectivity index (χ3n) is 3.69. The van der Waals surface area contributed by atoms with E-state index in [0.717, 1.165) is 0 Å². The highest BCUT2D eigenvalue weighted by molar-refractivity contribution is 5.97. The number of rotatable bonds is 7. The summed E-state index contributed by atoms with van der Waals surface area (Å²) in [5, 5.41) is 15.9. The van der Waals surface area contributed by atoms with E-state index >= 15 is 0 Å². The number of nitrogens with one attached hydrogen (secondary N) is 2. The van der Waals surface area contributed by atoms with E-state index in [1.54, 1.807) is 19.9 Å². The van der Waals surface area contributed by atoms with Crippen molar-refractivity contribution in [3.8, 4) is 0 Å². The molecule has 0 aliphatic heterocycles. The summed E-state index contributed by atoms with van der Waals surface area (Å²) in [6.07, 6.45) is -0.621. The summed E-state index contributed by atoms with van der Waals surface area (Å²) in [6.45, 7) is 2.89. The maximum absolute atomic E-state index is 12.1. The van der Waals surface area contributed by atoms with Gasteiger partial charge < -0.3 is 14.8 Å². The number of esters is 1. The smallest absolute Gasteiger partial charge is 0.411 e. The predicted molar refractivity (Wildman–Crippen MR) is 104 cm³/mol. The van der Waals surface area contributed by atoms with Gasteiger partial charge in [0.15, 0.2) is 6.61 Å². The van der Waals surface area contributed by atoms with E-state index in [0.29, 0.717) is 11.3 Å². The van der Waals surface area contributed by atoms with Crippen molar-refractivity contribution < 1.29 is 28.8 Å². The SMILES string of the molecule is CCOC(=O)Nc1ccc(C(=O)OCC(=O)Nc2c(C)cccc2[N+](=O)[O-])cc1. The second-order valence-electron chi connectivity index (χ2n) is 5.77. The molecule has 2 aromatic rings. The van der Waals surface area contributed by atoms with Gasteiger partial charge in [-0.3, -0.25) is 20.2 Å². The lowest BCUT2D eigenvalue weighted by atomic mass is 10.1. The van der Waals surface area contributed by atoms with Crippen LogP contribution in [0.1, 0.15) is 22.8 Å². The molecule has 0 atom stereocenters. The molecule has 2 N–H and O–H groups in total. The summed E-state index contributed by atoms with van der Waals surface area (Å²) in [4.78, 5) is 45.9. The summed E-state index contributed by atoms with van der Waals surface area (Å²) < 4.78 is 9.67. The second kappa shape index (κ2) is 9.83. The van der Waals surface area contributed by atoms with Gasteiger partial charge in [0.2, 0.25) is 0 Å². The quantitative estimate of drug-likeness (QED) is 0.413. The molecule has 2 aromatic carbocycles. The molecule has 0 aliphatic carbocycles. The van der Waals surface area contributed by atoms with Gasteiger partial charge in [0.05, 0.1) is 17.1 Å². The first kappa shape index (κ1) is 21.4. The molecule has 0 unspecified atom stereocenters. The van der Waals surface area contributed by atoms with Crippen LogP contribution in [0, 0.1) is 17.0 Å². The first-order valence-corrected chi connectivity index (χ1v) is 8.56. The van der Waals surface area contributed by atoms with Gasteiger partial charge >= 0.3 is 12.1 Å². The molecule has 29 heavy (non-hydrogen) atoms. The standard InChI is InChI=1S/C19H19N3O7/c1-3-28-19(25)20-14-9-7-13(8-10-14)18(24)29-11-16(23)21-17-12(2)5-4-6-15(17)22(26)27/h4-10H,3,11H2,1-2H3,(H,20,25)(H,21,23). The third kappa shape index (κ3) is 6.03. The summed E-state index contributed by atoms with van der Waals surface area (Å²) in [5.41, 5.74) is 0.879. The molecule has 0 radical (unpaired) electrons. The Kier molecular flexibility index (Phi) is 7.24. The number of hydrogen-bond donors (Lipinski definition) is 2. The minimum atomic E-state index is -0.762. The van der Waals surface area contributed by atoms with Crippen LogP contribution < -0.4 is 10.6 Å². The minimum absolute atomic E-state index is 0.0490. The summed E-state index contributed by atoms with van der Waals surface area (Å²) in [6, 6.07) is 10.2. The fourth-order valence-corrected chi connectivity index (χ4v) is 2.33. The van der Waals surface area contributed by atoms with E-state index < -0.39 is 29.5 Å². The third-order valence-corrected chi connectivity index (χ3v) is 3.69. The number of carbonyl (C=O) groups excluding carboxylic acids is 3. The number of nitro benzene ring substituents is 1. The van der Waals surface area contributed by atoms with Gasteiger partial charge in [-0.15, -0.1) is 0 Å². The van der Waals surface area contributed by atoms with Crippen molar-refractivity contribution in [2.45, 2.75) is 13.8 Å². The molecular formula is C19H19N3O7. The molecular weight excluding hydrogens is 382 g/mol. The first-order valence-electron chi connectivity index (χ1n) is 8.56. The molecule has 0 aromatic heterocycles. The molecule has 0 saturated heterocycles. The number of carbonyl (C=O) groups is 3. The molecule has 10 heteroatoms. The predicted octanol–water partition coefficient (Wildman–Crippen LogP) is 3.27. The highest BCUT2D eigenvalue weighted by Gasteiger charge is 2.18. The number of nitrogens with zero attached hydrogens (tertiary/aromatic N) is 1. The van der Waals surface area contributed by atoms with Crippen LogP contribution >= 0.6 is 0 Å². The van der Waals surface area contributed by atoms with E-state index in [1.807, 2.05) is 0 Å². The normalized spacial score (nSPS) is 10.0. The number of aryl methyl sites for hydroxylation is 1. The Morgan fingerprint density at radius 2 is 1.72 bits per heavy atom. The highest BCUT2D eigenvalue weighted by Crippen LogP contribution is 2.27. The summed E-state index contributed by atoms with van der Waals surface area (Å²) in [7, 11) is 0. The molecule has 152 valence electrons. The van der Waals surface area contributed by atoms with Gasteiger partial charge in [0.25, 0.3) is 11.6 Å². The zero-order valence-electron chi connectivity index (χ0n) is 15.8. The van der Waals surface area contributed by atoms with Crippen molar-refractivity contribution in [3.05, 3.63) is 63.7 Å². The summed E-state index contributed by atoms with van der Waals surface area (Å²) in [5.74, 6) is -1.47. The first-order chi connectivity index (χ1) is 13.8. The van der Waals surface area contributed by atoms with Crippen molar-refractivity contribution in [2.75, 3.05) is 23.8 Å². The topological polar surface area (TPSA) is 137 Å². The van der Waals surface area contributed by atoms with Crippen molar-refractivity contribution in [3.63, 3.8) is 0 Å². The summed E-state index contributed by atoms with van der Waals surface area (Å²) >= 11 is 0. The van der Waals surface area contributed by atoms with Crippen LogP contribution in [0.5, 0.6) is 0 Å². The Hall–Kier alpha value is -3.95. The second-order valence-corrected chi connectivity index (χ2v) is 5.77. The van der Waals surface area contributed by atoms with Gasteiger partial charge in [-0.1, -0.05) is 12.1 Å². The number of benzene rings is 2. The lowest BCUT2D eigenvalue weighted by Crippen LogP contribution is -2.22. The van der Waals surface area contributed by atoms with Gasteiger partial charge in [0, 0.05) is 11.8 Å². The minimum Gasteiger partial charge on any atom is -0.452 e. The van der Waals surface area contributed by atoms with Gasteiger partial charge in [-0.05, 0) is 43.7 Å². The number of nitro groups is 1. The van der Waals surface area contributed by atoms with Crippen LogP contribution in [0.2, 0.25) is 0 Å². The highest BCUT2D eigenvalue weighted by atomic mass is 16.6. The zero-order valence-corrected chi connectivity index (χ0v) is 15.8. The van der Waals surface area contributed by atoms with Gasteiger partial charge in [-0.25, -0.2) is 9.59 Å². The number of hydrogen-bond acceptors (Lipinski definition) is 7. The van der Waals surface area contributed by atoms with E-state index in [-0.39, 0.29) is 23.5 Å². The average molecular weight is 401 g/mol. The zero-order chi connectivity index (χ0) is 21.4. The molecule has 0 bridgehead atoms. The molecule has 0 spiro atoms. The fourth-order valence-electron chi connectivity index (χ4n) is 2.33. The number of ether oxygens (including phenoxy) is 2. The molecule has 10 nitrogen and oxygen atoms in total. The van der Waals surface area contributed by atoms with E-state index in [9.17, 15) is 24.5 Å². The Balaban J connectivity index is 1.93. The van der Waals surface area contributed by atoms with Crippen LogP contribution in [0.15, 0.2) is 42.5 Å². The lowest BCUT2D eigenvalue weighted by Gasteiger charge is -2.10. The van der Waals surface area contributed by atoms with Crippen LogP contribution in [0.3, 0.4) is 0 Å². The Morgan fingerprint density at radius 1 is 1.03 bits per heavy atom. The number of para-hydroxylation sites is 1. The molecule has 0 saturated carbocycles. The van der Waals surface area contributed by atoms with E-state index in [2.05, 4.69) is 10.6 Å². The molecule has 0 heterocycles. The number of anilines is 2. The van der Waals surface area contributed by atoms with Crippen LogP contribution in [0.4, 0.5) is 21.9 Å². The van der Waals surface area contributed by atoms with Crippen LogP contribution in [0.25, 0.3) is 0 Å². The van der Waals surface area contributed by atoms with Crippen molar-refractivity contribution in [1.82, 2.24) is 0 Å². The maximum Gasteiger partial charge on any atom is 0.411 e. The van der Waals surface area contributed by atoms with Crippen molar-refractivity contribution in [1.29, 1.82) is 0 Å². The lowest BCUT2D eigenvalue weighted by molar-refractivity contribution is -0.384. The van der Waals surface area contributed by atoms with E-state index in [4.69, 9.17) is 9.47 Å². The van der Waals surface area contributed by atoms with Crippen molar-refractivity contribution >= 4 is 35.0 Å². The maximum atomic E-state index is 12.1. The fraction of sp³-hybridized carbons (Fsp3) is 0.211. The molecule has 0 fully saturated rings. The Morgan fingerprint density at radius 3 is 2.34 bits per heavy atom. The number of amides is 2. The molecule has 2 amide bonds.